The summed E-state index contributed by atoms with van der Waals surface area (Å²) < 4.78 is 11.2. The molecular weight excluding hydrogens is 371 g/mol. The van der Waals surface area contributed by atoms with Crippen molar-refractivity contribution in [3.63, 3.8) is 0 Å². The van der Waals surface area contributed by atoms with Gasteiger partial charge in [0.2, 0.25) is 6.69 Å². The van der Waals surface area contributed by atoms with Crippen molar-refractivity contribution in [2.75, 3.05) is 19.8 Å². The van der Waals surface area contributed by atoms with Crippen LogP contribution in [0.4, 0.5) is 0 Å². The Hall–Kier alpha value is -0.223. The fraction of sp³-hybridized carbons (Fsp3) is 0.700. The quantitative estimate of drug-likeness (QED) is 0.165. The number of para-hydroxylation sites is 1. The van der Waals surface area contributed by atoms with Gasteiger partial charge in [-0.2, -0.15) is 0 Å². The van der Waals surface area contributed by atoms with Gasteiger partial charge < -0.3 is 9.47 Å². The van der Waals surface area contributed by atoms with E-state index in [0.29, 0.717) is 13.2 Å². The summed E-state index contributed by atoms with van der Waals surface area (Å²) in [6.07, 6.45) is 11.6. The molecule has 0 aliphatic rings. The Kier molecular flexibility index (Phi) is 13.6. The molecule has 0 aliphatic carbocycles. The average molecular weight is 405 g/mol. The van der Waals surface area contributed by atoms with Gasteiger partial charge in [-0.15, -0.1) is 22.2 Å². The molecule has 0 atom stereocenters. The number of halogens is 2. The fourth-order valence-corrected chi connectivity index (χ4v) is 4.39. The third-order valence-electron chi connectivity index (χ3n) is 4.14. The van der Waals surface area contributed by atoms with E-state index in [-0.39, 0.29) is 0 Å². The van der Waals surface area contributed by atoms with E-state index in [4.69, 9.17) is 31.6 Å². The number of rotatable bonds is 16. The van der Waals surface area contributed by atoms with Crippen molar-refractivity contribution < 1.29 is 9.47 Å². The molecule has 1 aromatic rings. The first-order chi connectivity index (χ1) is 12.1. The Morgan fingerprint density at radius 2 is 1.28 bits per heavy atom. The van der Waals surface area contributed by atoms with Crippen LogP contribution in [0.5, 0.6) is 5.75 Å². The first kappa shape index (κ1) is 22.8. The molecule has 0 amide bonds. The summed E-state index contributed by atoms with van der Waals surface area (Å²) in [6.45, 7) is 2.29. The Balaban J connectivity index is 1.73. The molecule has 0 aliphatic heterocycles. The van der Waals surface area contributed by atoms with Crippen molar-refractivity contribution in [1.82, 2.24) is 0 Å². The summed E-state index contributed by atoms with van der Waals surface area (Å²) in [4.78, 5) is 0. The molecule has 0 aromatic heterocycles. The summed E-state index contributed by atoms with van der Waals surface area (Å²) in [5, 5.41) is 0. The van der Waals surface area contributed by atoms with Gasteiger partial charge in [-0.05, 0) is 31.1 Å². The van der Waals surface area contributed by atoms with Gasteiger partial charge in [0.15, 0.2) is 0 Å². The molecule has 0 radical (unpaired) electrons. The molecule has 0 spiro atoms. The number of ether oxygens (including phenoxy) is 2. The Morgan fingerprint density at radius 3 is 1.88 bits per heavy atom. The highest BCUT2D eigenvalue weighted by Crippen LogP contribution is 2.23. The Bertz CT molecular complexity index is 410. The van der Waals surface area contributed by atoms with Crippen LogP contribution in [-0.4, -0.2) is 26.5 Å². The van der Waals surface area contributed by atoms with Gasteiger partial charge in [-0.3, -0.25) is 0 Å². The van der Waals surface area contributed by atoms with Crippen LogP contribution < -0.4 is 4.74 Å². The summed E-state index contributed by atoms with van der Waals surface area (Å²) >= 11 is 12.2. The third kappa shape index (κ3) is 15.7. The predicted molar refractivity (Wildman–Crippen MR) is 112 cm³/mol. The molecule has 0 heterocycles. The normalized spacial score (nSPS) is 11.6. The molecule has 2 nitrogen and oxygen atoms in total. The molecule has 0 saturated carbocycles. The smallest absolute Gasteiger partial charge is 0.248 e. The van der Waals surface area contributed by atoms with E-state index < -0.39 is 6.69 Å². The van der Waals surface area contributed by atoms with Crippen molar-refractivity contribution in [3.8, 4) is 5.75 Å². The monoisotopic (exact) mass is 404 g/mol. The number of hydrogen-bond acceptors (Lipinski definition) is 2. The molecule has 5 heteroatoms. The van der Waals surface area contributed by atoms with Gasteiger partial charge >= 0.3 is 0 Å². The zero-order valence-electron chi connectivity index (χ0n) is 15.7. The third-order valence-corrected chi connectivity index (χ3v) is 6.51. The van der Waals surface area contributed by atoms with Crippen LogP contribution in [0.25, 0.3) is 0 Å². The van der Waals surface area contributed by atoms with E-state index in [2.05, 4.69) is 0 Å². The predicted octanol–water partition coefficient (Wildman–Crippen LogP) is 7.14. The van der Waals surface area contributed by atoms with E-state index in [0.717, 1.165) is 24.8 Å². The van der Waals surface area contributed by atoms with E-state index in [9.17, 15) is 0 Å². The van der Waals surface area contributed by atoms with Gasteiger partial charge in [0.25, 0.3) is 0 Å². The summed E-state index contributed by atoms with van der Waals surface area (Å²) in [5.74, 6) is 0.910. The van der Waals surface area contributed by atoms with Crippen LogP contribution in [-0.2, 0) is 4.74 Å². The van der Waals surface area contributed by atoms with E-state index in [1.165, 1.54) is 51.4 Å². The lowest BCUT2D eigenvalue weighted by atomic mass is 10.1. The second-order valence-electron chi connectivity index (χ2n) is 6.78. The second kappa shape index (κ2) is 14.9. The highest BCUT2D eigenvalue weighted by Gasteiger charge is 2.19. The zero-order chi connectivity index (χ0) is 18.2. The number of hydrogen-bond donors (Lipinski definition) is 0. The molecular formula is C20H34Cl2O2Si. The molecule has 25 heavy (non-hydrogen) atoms. The SMILES string of the molecule is C[Si](Cl)(Cl)CCCCCCCCCCCOCCOc1ccccc1. The van der Waals surface area contributed by atoms with Crippen molar-refractivity contribution in [2.45, 2.75) is 70.4 Å². The highest BCUT2D eigenvalue weighted by atomic mass is 35.7. The minimum atomic E-state index is -1.85. The van der Waals surface area contributed by atoms with Crippen LogP contribution in [0.3, 0.4) is 0 Å². The summed E-state index contributed by atoms with van der Waals surface area (Å²) in [6, 6.07) is 10.9. The van der Waals surface area contributed by atoms with Crippen LogP contribution in [0.2, 0.25) is 12.6 Å². The van der Waals surface area contributed by atoms with Crippen molar-refractivity contribution in [1.29, 1.82) is 0 Å². The molecule has 0 fully saturated rings. The lowest BCUT2D eigenvalue weighted by Gasteiger charge is -2.09. The lowest BCUT2D eigenvalue weighted by molar-refractivity contribution is 0.0970. The first-order valence-corrected chi connectivity index (χ1v) is 14.4. The highest BCUT2D eigenvalue weighted by molar-refractivity contribution is 7.44. The molecule has 1 rings (SSSR count). The van der Waals surface area contributed by atoms with E-state index in [1.807, 2.05) is 36.9 Å². The van der Waals surface area contributed by atoms with Gasteiger partial charge in [0, 0.05) is 6.61 Å². The van der Waals surface area contributed by atoms with Gasteiger partial charge in [-0.25, -0.2) is 0 Å². The summed E-state index contributed by atoms with van der Waals surface area (Å²) in [7, 11) is 0. The maximum atomic E-state index is 6.10. The second-order valence-corrected chi connectivity index (χ2v) is 15.0. The van der Waals surface area contributed by atoms with Crippen molar-refractivity contribution in [3.05, 3.63) is 30.3 Å². The Labute approximate surface area is 164 Å². The molecule has 144 valence electrons. The molecule has 1 aromatic carbocycles. The number of benzene rings is 1. The largest absolute Gasteiger partial charge is 0.491 e. The minimum absolute atomic E-state index is 0.624. The van der Waals surface area contributed by atoms with Crippen LogP contribution >= 0.6 is 22.2 Å². The standard InChI is InChI=1S/C20H34Cl2O2Si/c1-25(21,22)19-13-8-6-4-2-3-5-7-12-16-23-17-18-24-20-14-10-9-11-15-20/h9-11,14-15H,2-8,12-13,16-19H2,1H3. The lowest BCUT2D eigenvalue weighted by Crippen LogP contribution is -2.11. The molecule has 0 N–H and O–H groups in total. The van der Waals surface area contributed by atoms with Crippen LogP contribution in [0.1, 0.15) is 57.8 Å². The first-order valence-electron chi connectivity index (χ1n) is 9.71. The minimum Gasteiger partial charge on any atom is -0.491 e. The van der Waals surface area contributed by atoms with Gasteiger partial charge in [0.05, 0.1) is 6.61 Å². The van der Waals surface area contributed by atoms with Gasteiger partial charge in [-0.1, -0.05) is 69.6 Å². The van der Waals surface area contributed by atoms with E-state index in [1.54, 1.807) is 0 Å². The maximum Gasteiger partial charge on any atom is 0.248 e. The summed E-state index contributed by atoms with van der Waals surface area (Å²) in [5.41, 5.74) is 0. The molecule has 0 unspecified atom stereocenters. The van der Waals surface area contributed by atoms with Crippen molar-refractivity contribution in [2.24, 2.45) is 0 Å². The molecule has 0 bridgehead atoms. The average Bonchev–Trinajstić information content (AvgIpc) is 2.58. The zero-order valence-corrected chi connectivity index (χ0v) is 18.2. The molecule has 0 saturated heterocycles. The van der Waals surface area contributed by atoms with E-state index >= 15 is 0 Å². The number of unbranched alkanes of at least 4 members (excludes halogenated alkanes) is 8. The van der Waals surface area contributed by atoms with Crippen LogP contribution in [0.15, 0.2) is 30.3 Å². The van der Waals surface area contributed by atoms with Crippen LogP contribution in [0, 0.1) is 0 Å². The van der Waals surface area contributed by atoms with Gasteiger partial charge in [0.1, 0.15) is 12.4 Å². The topological polar surface area (TPSA) is 18.5 Å². The Morgan fingerprint density at radius 1 is 0.720 bits per heavy atom. The maximum absolute atomic E-state index is 6.10. The van der Waals surface area contributed by atoms with Crippen molar-refractivity contribution >= 4 is 28.9 Å². The fourth-order valence-electron chi connectivity index (χ4n) is 2.71.